The lowest BCUT2D eigenvalue weighted by Crippen LogP contribution is -2.56. The van der Waals surface area contributed by atoms with E-state index in [0.29, 0.717) is 60.1 Å². The van der Waals surface area contributed by atoms with Gasteiger partial charge in [0.05, 0.1) is 51.4 Å². The Labute approximate surface area is 270 Å². The predicted octanol–water partition coefficient (Wildman–Crippen LogP) is 5.27. The second kappa shape index (κ2) is 11.8. The molecule has 3 aliphatic rings. The average molecular weight is 653 g/mol. The molecule has 5 atom stereocenters. The second-order valence-corrected chi connectivity index (χ2v) is 15.9. The highest BCUT2D eigenvalue weighted by Crippen LogP contribution is 2.39. The number of nitrogens with one attached hydrogen (secondary N) is 2. The van der Waals surface area contributed by atoms with Gasteiger partial charge < -0.3 is 19.7 Å². The van der Waals surface area contributed by atoms with Gasteiger partial charge in [-0.05, 0) is 76.6 Å². The van der Waals surface area contributed by atoms with Gasteiger partial charge in [-0.2, -0.15) is 0 Å². The summed E-state index contributed by atoms with van der Waals surface area (Å²) in [6.45, 7) is 14.2. The van der Waals surface area contributed by atoms with Crippen molar-refractivity contribution in [2.45, 2.75) is 95.9 Å². The molecule has 0 spiro atoms. The molecule has 46 heavy (non-hydrogen) atoms. The normalized spacial score (nSPS) is 23.6. The Morgan fingerprint density at radius 1 is 1.20 bits per heavy atom. The van der Waals surface area contributed by atoms with Crippen molar-refractivity contribution in [1.29, 1.82) is 0 Å². The first-order valence-electron chi connectivity index (χ1n) is 15.7. The number of aromatic nitrogens is 3. The highest BCUT2D eigenvalue weighted by atomic mass is 32.2. The number of likely N-dealkylation sites (tertiary alicyclic amines) is 1. The summed E-state index contributed by atoms with van der Waals surface area (Å²) in [6.07, 6.45) is 3.05. The number of fused-ring (bicyclic) bond motifs is 2. The van der Waals surface area contributed by atoms with E-state index in [1.807, 2.05) is 54.5 Å². The van der Waals surface area contributed by atoms with Crippen molar-refractivity contribution in [3.05, 3.63) is 47.4 Å². The number of hydrogen-bond donors (Lipinski definition) is 2. The van der Waals surface area contributed by atoms with Gasteiger partial charge in [0.2, 0.25) is 11.8 Å². The molecular weight excluding hydrogens is 611 g/mol. The zero-order chi connectivity index (χ0) is 33.1. The summed E-state index contributed by atoms with van der Waals surface area (Å²) in [6, 6.07) is 5.04. The molecular formula is C33H41FN6O5S. The zero-order valence-electron chi connectivity index (χ0n) is 27.2. The van der Waals surface area contributed by atoms with Crippen molar-refractivity contribution < 1.29 is 27.7 Å². The molecule has 5 heterocycles. The molecule has 1 saturated carbocycles. The Bertz CT molecular complexity index is 1720. The van der Waals surface area contributed by atoms with Crippen LogP contribution in [0.1, 0.15) is 94.9 Å². The minimum absolute atomic E-state index is 0.121. The molecule has 1 aliphatic carbocycles. The van der Waals surface area contributed by atoms with Gasteiger partial charge in [-0.15, -0.1) is 0 Å². The van der Waals surface area contributed by atoms with Gasteiger partial charge in [-0.3, -0.25) is 4.79 Å². The van der Waals surface area contributed by atoms with E-state index in [1.165, 1.54) is 0 Å². The number of amides is 1. The minimum Gasteiger partial charge on any atom is -0.470 e. The molecule has 3 aromatic heterocycles. The van der Waals surface area contributed by atoms with Crippen LogP contribution in [0.4, 0.5) is 16.0 Å². The molecule has 2 fully saturated rings. The van der Waals surface area contributed by atoms with Crippen molar-refractivity contribution >= 4 is 45.3 Å². The Morgan fingerprint density at radius 2 is 1.91 bits per heavy atom. The number of carbonyl (C=O) groups is 2. The highest BCUT2D eigenvalue weighted by Gasteiger charge is 2.48. The smallest absolute Gasteiger partial charge is 0.340 e. The Kier molecular flexibility index (Phi) is 8.29. The molecule has 0 bridgehead atoms. The van der Waals surface area contributed by atoms with Gasteiger partial charge in [0.1, 0.15) is 29.5 Å². The summed E-state index contributed by atoms with van der Waals surface area (Å²) in [4.78, 5) is 40.7. The summed E-state index contributed by atoms with van der Waals surface area (Å²) >= 11 is 0. The number of esters is 1. The van der Waals surface area contributed by atoms with E-state index in [2.05, 4.69) is 20.0 Å². The van der Waals surface area contributed by atoms with E-state index < -0.39 is 39.4 Å². The number of carbonyl (C=O) groups excluding carboxylic acids is 2. The molecule has 1 amide bonds. The lowest BCUT2D eigenvalue weighted by atomic mass is 9.84. The Morgan fingerprint density at radius 3 is 2.57 bits per heavy atom. The molecule has 2 aliphatic heterocycles. The van der Waals surface area contributed by atoms with Gasteiger partial charge in [0.15, 0.2) is 0 Å². The van der Waals surface area contributed by atoms with Gasteiger partial charge in [-0.25, -0.2) is 33.1 Å². The average Bonchev–Trinajstić information content (AvgIpc) is 3.71. The fourth-order valence-electron chi connectivity index (χ4n) is 5.64. The van der Waals surface area contributed by atoms with Crippen LogP contribution < -0.4 is 14.8 Å². The van der Waals surface area contributed by atoms with Gasteiger partial charge in [0.25, 0.3) is 0 Å². The van der Waals surface area contributed by atoms with Crippen LogP contribution in [0.15, 0.2) is 30.6 Å². The largest absolute Gasteiger partial charge is 0.470 e. The molecule has 11 nitrogen and oxygen atoms in total. The van der Waals surface area contributed by atoms with Crippen LogP contribution in [0.3, 0.4) is 0 Å². The van der Waals surface area contributed by atoms with Crippen molar-refractivity contribution in [1.82, 2.24) is 24.6 Å². The number of halogens is 1. The summed E-state index contributed by atoms with van der Waals surface area (Å²) < 4.78 is 41.2. The molecule has 6 rings (SSSR count). The van der Waals surface area contributed by atoms with Crippen LogP contribution in [-0.2, 0) is 20.5 Å². The summed E-state index contributed by atoms with van der Waals surface area (Å²) in [5, 5.41) is 4.75. The van der Waals surface area contributed by atoms with E-state index >= 15 is 0 Å². The molecule has 0 aromatic carbocycles. The predicted molar refractivity (Wildman–Crippen MR) is 173 cm³/mol. The number of pyridine rings is 3. The second-order valence-electron chi connectivity index (χ2n) is 13.9. The third kappa shape index (κ3) is 6.18. The number of alkyl halides is 1. The fraction of sp³-hybridized carbons (Fsp3) is 0.545. The first kappa shape index (κ1) is 32.2. The topological polar surface area (TPSA) is 136 Å². The molecule has 0 unspecified atom stereocenters. The van der Waals surface area contributed by atoms with Crippen molar-refractivity contribution in [2.75, 3.05) is 18.4 Å². The summed E-state index contributed by atoms with van der Waals surface area (Å²) in [7, 11) is -1.33. The number of rotatable bonds is 9. The Balaban J connectivity index is 1.31. The van der Waals surface area contributed by atoms with E-state index in [9.17, 15) is 18.2 Å². The zero-order valence-corrected chi connectivity index (χ0v) is 28.0. The van der Waals surface area contributed by atoms with E-state index in [-0.39, 0.29) is 24.0 Å². The molecule has 13 heteroatoms. The summed E-state index contributed by atoms with van der Waals surface area (Å²) in [5.74, 6) is 0.226. The van der Waals surface area contributed by atoms with E-state index in [1.54, 1.807) is 29.4 Å². The number of anilines is 2. The molecule has 246 valence electrons. The van der Waals surface area contributed by atoms with Gasteiger partial charge in [-0.1, -0.05) is 13.8 Å². The summed E-state index contributed by atoms with van der Waals surface area (Å²) in [5.41, 5.74) is 1.24. The third-order valence-electron chi connectivity index (χ3n) is 9.03. The van der Waals surface area contributed by atoms with Crippen LogP contribution in [0.2, 0.25) is 0 Å². The monoisotopic (exact) mass is 652 g/mol. The highest BCUT2D eigenvalue weighted by molar-refractivity contribution is 7.84. The van der Waals surface area contributed by atoms with Crippen molar-refractivity contribution in [2.24, 2.45) is 5.92 Å². The van der Waals surface area contributed by atoms with Crippen LogP contribution in [0, 0.1) is 5.92 Å². The van der Waals surface area contributed by atoms with Crippen molar-refractivity contribution in [3.8, 4) is 5.88 Å². The van der Waals surface area contributed by atoms with Crippen LogP contribution >= 0.6 is 0 Å². The maximum atomic E-state index is 13.4. The number of hydrogen-bond acceptors (Lipinski definition) is 9. The van der Waals surface area contributed by atoms with E-state index in [0.717, 1.165) is 10.9 Å². The maximum absolute atomic E-state index is 13.4. The lowest BCUT2D eigenvalue weighted by Gasteiger charge is -2.39. The number of cyclic esters (lactones) is 1. The standard InChI is InChI=1S/C33H41FN6O5S/c1-8-25(39-46(43)32(3,4)5)22-13-36-29(44-18-15-40(16-18)30(41)21-11-24(21)34)23-14-35-27(12-20(22)23)37-26-10-9-19-28(38-26)17(2)33(6,7)45-31(19)42/h9-10,12-14,17-18,21,24-25,39H,8,11,15-16H2,1-7H3,(H,35,37,38)/t17-,21-,24+,25+,46+/m1/s1. The van der Waals surface area contributed by atoms with Crippen molar-refractivity contribution in [3.63, 3.8) is 0 Å². The van der Waals surface area contributed by atoms with Gasteiger partial charge in [0, 0.05) is 24.4 Å². The quantitative estimate of drug-likeness (QED) is 0.296. The van der Waals surface area contributed by atoms with Gasteiger partial charge >= 0.3 is 5.97 Å². The third-order valence-corrected chi connectivity index (χ3v) is 10.6. The first-order chi connectivity index (χ1) is 21.7. The molecule has 2 N–H and O–H groups in total. The molecule has 3 aromatic rings. The first-order valence-corrected chi connectivity index (χ1v) is 16.9. The van der Waals surface area contributed by atoms with Crippen LogP contribution in [0.25, 0.3) is 10.8 Å². The fourth-order valence-corrected chi connectivity index (χ4v) is 6.54. The SMILES string of the molecule is CC[C@H](N[S@@](=O)C(C)(C)C)c1cnc(OC2CN(C(=O)[C@@H]3C[C@@H]3F)C2)c2cnc(Nc3ccc4c(n3)[C@@H](C)C(C)(C)OC4=O)cc12. The molecule has 1 saturated heterocycles. The van der Waals surface area contributed by atoms with Crippen LogP contribution in [-0.4, -0.2) is 71.7 Å². The van der Waals surface area contributed by atoms with E-state index in [4.69, 9.17) is 14.5 Å². The van der Waals surface area contributed by atoms with Crippen LogP contribution in [0.5, 0.6) is 5.88 Å². The molecule has 0 radical (unpaired) electrons. The Hall–Kier alpha value is -3.71. The minimum atomic E-state index is -1.33. The number of nitrogens with zero attached hydrogens (tertiary/aromatic N) is 4. The number of ether oxygens (including phenoxy) is 2. The lowest BCUT2D eigenvalue weighted by molar-refractivity contribution is -0.141. The maximum Gasteiger partial charge on any atom is 0.340 e.